The van der Waals surface area contributed by atoms with Crippen molar-refractivity contribution < 1.29 is 14.0 Å². The Labute approximate surface area is 117 Å². The smallest absolute Gasteiger partial charge is 0.289 e. The van der Waals surface area contributed by atoms with E-state index in [1.807, 2.05) is 24.3 Å². The molecule has 0 spiro atoms. The second-order valence-electron chi connectivity index (χ2n) is 5.33. The van der Waals surface area contributed by atoms with E-state index in [0.717, 1.165) is 23.8 Å². The average Bonchev–Trinajstić information content (AvgIpc) is 2.90. The predicted octanol–water partition coefficient (Wildman–Crippen LogP) is 3.02. The molecule has 2 aromatic rings. The summed E-state index contributed by atoms with van der Waals surface area (Å²) in [4.78, 5) is 25.4. The Balaban J connectivity index is 1.79. The molecule has 0 N–H and O–H groups in total. The topological polar surface area (TPSA) is 50.5 Å². The molecule has 1 aliphatic rings. The molecule has 0 aliphatic heterocycles. The number of carbonyl (C=O) groups is 2. The molecule has 0 radical (unpaired) electrons. The molecule has 1 aromatic carbocycles. The molecular formula is C16H17NO3. The van der Waals surface area contributed by atoms with Gasteiger partial charge in [0.25, 0.3) is 5.91 Å². The number of furan rings is 1. The minimum Gasteiger partial charge on any atom is -0.451 e. The fourth-order valence-corrected chi connectivity index (χ4v) is 2.74. The number of carbonyl (C=O) groups excluding carboxylic acids is 2. The van der Waals surface area contributed by atoms with E-state index in [1.165, 1.54) is 0 Å². The summed E-state index contributed by atoms with van der Waals surface area (Å²) < 4.78 is 5.60. The number of hydrogen-bond acceptors (Lipinski definition) is 3. The van der Waals surface area contributed by atoms with Crippen LogP contribution in [0.4, 0.5) is 0 Å². The molecule has 1 fully saturated rings. The third-order valence-corrected chi connectivity index (χ3v) is 4.02. The van der Waals surface area contributed by atoms with Crippen LogP contribution in [0.1, 0.15) is 36.2 Å². The van der Waals surface area contributed by atoms with Gasteiger partial charge in [0.1, 0.15) is 11.4 Å². The number of para-hydroxylation sites is 1. The standard InChI is InChI=1S/C16H17NO3/c1-17(12-6-8-13(18)9-7-12)16(19)15-10-11-4-2-3-5-14(11)20-15/h2-5,10,12H,6-9H2,1H3. The van der Waals surface area contributed by atoms with Crippen LogP contribution in [0.15, 0.2) is 34.7 Å². The first kappa shape index (κ1) is 12.9. The third kappa shape index (κ3) is 2.33. The number of benzene rings is 1. The van der Waals surface area contributed by atoms with Crippen LogP contribution < -0.4 is 0 Å². The third-order valence-electron chi connectivity index (χ3n) is 4.02. The summed E-state index contributed by atoms with van der Waals surface area (Å²) in [6, 6.07) is 9.50. The van der Waals surface area contributed by atoms with E-state index in [4.69, 9.17) is 4.42 Å². The Morgan fingerprint density at radius 2 is 1.95 bits per heavy atom. The molecule has 3 rings (SSSR count). The normalized spacial score (nSPS) is 16.6. The van der Waals surface area contributed by atoms with Crippen molar-refractivity contribution in [1.29, 1.82) is 0 Å². The van der Waals surface area contributed by atoms with Gasteiger partial charge in [-0.2, -0.15) is 0 Å². The maximum atomic E-state index is 12.4. The van der Waals surface area contributed by atoms with Crippen molar-refractivity contribution in [2.45, 2.75) is 31.7 Å². The lowest BCUT2D eigenvalue weighted by Gasteiger charge is -2.30. The average molecular weight is 271 g/mol. The van der Waals surface area contributed by atoms with Gasteiger partial charge >= 0.3 is 0 Å². The molecule has 0 bridgehead atoms. The molecule has 20 heavy (non-hydrogen) atoms. The second-order valence-corrected chi connectivity index (χ2v) is 5.33. The van der Waals surface area contributed by atoms with Gasteiger partial charge in [0.05, 0.1) is 0 Å². The van der Waals surface area contributed by atoms with Crippen molar-refractivity contribution in [3.63, 3.8) is 0 Å². The molecule has 1 saturated carbocycles. The number of ketones is 1. The maximum absolute atomic E-state index is 12.4. The van der Waals surface area contributed by atoms with Crippen LogP contribution in [0.3, 0.4) is 0 Å². The van der Waals surface area contributed by atoms with Crippen LogP contribution in [-0.2, 0) is 4.79 Å². The Morgan fingerprint density at radius 1 is 1.25 bits per heavy atom. The van der Waals surface area contributed by atoms with Crippen molar-refractivity contribution >= 4 is 22.7 Å². The Hall–Kier alpha value is -2.10. The Kier molecular flexibility index (Phi) is 3.30. The van der Waals surface area contributed by atoms with Gasteiger partial charge in [0.2, 0.25) is 0 Å². The van der Waals surface area contributed by atoms with Gasteiger partial charge in [-0.15, -0.1) is 0 Å². The van der Waals surface area contributed by atoms with Crippen LogP contribution >= 0.6 is 0 Å². The number of fused-ring (bicyclic) bond motifs is 1. The number of amides is 1. The lowest BCUT2D eigenvalue weighted by atomic mass is 9.93. The largest absolute Gasteiger partial charge is 0.451 e. The molecule has 4 heteroatoms. The molecule has 1 aromatic heterocycles. The van der Waals surface area contributed by atoms with Crippen LogP contribution in [0.2, 0.25) is 0 Å². The summed E-state index contributed by atoms with van der Waals surface area (Å²) in [7, 11) is 1.79. The summed E-state index contributed by atoms with van der Waals surface area (Å²) in [5, 5.41) is 0.933. The number of rotatable bonds is 2. The summed E-state index contributed by atoms with van der Waals surface area (Å²) in [6.45, 7) is 0. The lowest BCUT2D eigenvalue weighted by Crippen LogP contribution is -2.39. The van der Waals surface area contributed by atoms with Gasteiger partial charge in [-0.05, 0) is 25.0 Å². The van der Waals surface area contributed by atoms with Crippen molar-refractivity contribution in [2.24, 2.45) is 0 Å². The fraction of sp³-hybridized carbons (Fsp3) is 0.375. The van der Waals surface area contributed by atoms with Gasteiger partial charge in [0.15, 0.2) is 5.76 Å². The van der Waals surface area contributed by atoms with E-state index in [2.05, 4.69) is 0 Å². The first-order valence-electron chi connectivity index (χ1n) is 6.92. The monoisotopic (exact) mass is 271 g/mol. The molecule has 0 saturated heterocycles. The highest BCUT2D eigenvalue weighted by atomic mass is 16.3. The van der Waals surface area contributed by atoms with Gasteiger partial charge in [-0.25, -0.2) is 0 Å². The van der Waals surface area contributed by atoms with Gasteiger partial charge in [0, 0.05) is 31.3 Å². The Bertz CT molecular complexity index is 616. The SMILES string of the molecule is CN(C(=O)c1cc2ccccc2o1)C1CCC(=O)CC1. The minimum absolute atomic E-state index is 0.111. The predicted molar refractivity (Wildman–Crippen MR) is 75.6 cm³/mol. The zero-order valence-electron chi connectivity index (χ0n) is 11.5. The van der Waals surface area contributed by atoms with Crippen LogP contribution in [0, 0.1) is 0 Å². The van der Waals surface area contributed by atoms with Gasteiger partial charge in [-0.1, -0.05) is 18.2 Å². The van der Waals surface area contributed by atoms with Crippen molar-refractivity contribution in [3.05, 3.63) is 36.1 Å². The highest BCUT2D eigenvalue weighted by Crippen LogP contribution is 2.24. The van der Waals surface area contributed by atoms with Crippen LogP contribution in [0.5, 0.6) is 0 Å². The minimum atomic E-state index is -0.111. The molecule has 1 aliphatic carbocycles. The molecule has 1 heterocycles. The van der Waals surface area contributed by atoms with Crippen molar-refractivity contribution in [3.8, 4) is 0 Å². The quantitative estimate of drug-likeness (QED) is 0.843. The zero-order chi connectivity index (χ0) is 14.1. The molecule has 0 unspecified atom stereocenters. The summed E-state index contributed by atoms with van der Waals surface area (Å²) in [5.74, 6) is 0.553. The zero-order valence-corrected chi connectivity index (χ0v) is 11.5. The number of hydrogen-bond donors (Lipinski definition) is 0. The summed E-state index contributed by atoms with van der Waals surface area (Å²) >= 11 is 0. The summed E-state index contributed by atoms with van der Waals surface area (Å²) in [6.07, 6.45) is 2.65. The molecule has 1 amide bonds. The maximum Gasteiger partial charge on any atom is 0.289 e. The van der Waals surface area contributed by atoms with Gasteiger partial charge < -0.3 is 9.32 Å². The van der Waals surface area contributed by atoms with Crippen LogP contribution in [-0.4, -0.2) is 29.7 Å². The van der Waals surface area contributed by atoms with E-state index in [1.54, 1.807) is 18.0 Å². The van der Waals surface area contributed by atoms with Gasteiger partial charge in [-0.3, -0.25) is 9.59 Å². The van der Waals surface area contributed by atoms with Crippen molar-refractivity contribution in [2.75, 3.05) is 7.05 Å². The highest BCUT2D eigenvalue weighted by Gasteiger charge is 2.27. The Morgan fingerprint density at radius 3 is 2.65 bits per heavy atom. The lowest BCUT2D eigenvalue weighted by molar-refractivity contribution is -0.121. The highest BCUT2D eigenvalue weighted by molar-refractivity contribution is 5.96. The molecule has 4 nitrogen and oxygen atoms in total. The van der Waals surface area contributed by atoms with Crippen LogP contribution in [0.25, 0.3) is 11.0 Å². The second kappa shape index (κ2) is 5.12. The molecule has 0 atom stereocenters. The molecule has 104 valence electrons. The van der Waals surface area contributed by atoms with E-state index in [9.17, 15) is 9.59 Å². The van der Waals surface area contributed by atoms with E-state index < -0.39 is 0 Å². The fourth-order valence-electron chi connectivity index (χ4n) is 2.74. The van der Waals surface area contributed by atoms with E-state index in [0.29, 0.717) is 24.4 Å². The first-order chi connectivity index (χ1) is 9.65. The first-order valence-corrected chi connectivity index (χ1v) is 6.92. The van der Waals surface area contributed by atoms with E-state index >= 15 is 0 Å². The van der Waals surface area contributed by atoms with E-state index in [-0.39, 0.29) is 11.9 Å². The number of Topliss-reactive ketones (excluding diaryl/α,β-unsaturated/α-hetero) is 1. The molecular weight excluding hydrogens is 254 g/mol. The van der Waals surface area contributed by atoms with Crippen molar-refractivity contribution in [1.82, 2.24) is 4.90 Å². The number of nitrogens with zero attached hydrogens (tertiary/aromatic N) is 1. The summed E-state index contributed by atoms with van der Waals surface area (Å²) in [5.41, 5.74) is 0.725.